The van der Waals surface area contributed by atoms with Gasteiger partial charge in [-0.2, -0.15) is 0 Å². The van der Waals surface area contributed by atoms with Gasteiger partial charge in [0.2, 0.25) is 0 Å². The van der Waals surface area contributed by atoms with Gasteiger partial charge >= 0.3 is 0 Å². The first-order valence-electron chi connectivity index (χ1n) is 6.01. The van der Waals surface area contributed by atoms with Crippen molar-refractivity contribution in [2.45, 2.75) is 25.7 Å². The molecule has 0 saturated heterocycles. The standard InChI is InChI=1S/C14H13BrN2S/c1-8-2-3-10(6-11(8)15)14-16-12(9-4-5-9)7-13(18)17-14/h2-3,6-7,9H,4-5H2,1H3,(H,16,17,18). The number of hydrogen-bond acceptors (Lipinski definition) is 2. The van der Waals surface area contributed by atoms with E-state index in [0.717, 1.165) is 15.9 Å². The molecule has 2 nitrogen and oxygen atoms in total. The quantitative estimate of drug-likeness (QED) is 0.808. The predicted molar refractivity (Wildman–Crippen MR) is 79.3 cm³/mol. The summed E-state index contributed by atoms with van der Waals surface area (Å²) in [4.78, 5) is 7.84. The van der Waals surface area contributed by atoms with Crippen LogP contribution in [0.15, 0.2) is 28.7 Å². The van der Waals surface area contributed by atoms with Gasteiger partial charge in [-0.3, -0.25) is 0 Å². The van der Waals surface area contributed by atoms with Crippen LogP contribution < -0.4 is 0 Å². The second-order valence-electron chi connectivity index (χ2n) is 4.76. The molecule has 1 aliphatic rings. The minimum atomic E-state index is 0.655. The van der Waals surface area contributed by atoms with Crippen LogP contribution in [0.5, 0.6) is 0 Å². The molecule has 1 aromatic heterocycles. The first-order chi connectivity index (χ1) is 8.63. The maximum absolute atomic E-state index is 5.25. The van der Waals surface area contributed by atoms with E-state index in [9.17, 15) is 0 Å². The third-order valence-corrected chi connectivity index (χ3v) is 4.29. The van der Waals surface area contributed by atoms with Crippen molar-refractivity contribution in [3.63, 3.8) is 0 Å². The van der Waals surface area contributed by atoms with Gasteiger partial charge in [-0.05, 0) is 43.4 Å². The van der Waals surface area contributed by atoms with Crippen molar-refractivity contribution in [2.24, 2.45) is 0 Å². The summed E-state index contributed by atoms with van der Waals surface area (Å²) >= 11 is 8.80. The zero-order chi connectivity index (χ0) is 12.7. The molecule has 1 aromatic carbocycles. The van der Waals surface area contributed by atoms with Gasteiger partial charge < -0.3 is 4.98 Å². The molecule has 1 aliphatic carbocycles. The highest BCUT2D eigenvalue weighted by Gasteiger charge is 2.24. The van der Waals surface area contributed by atoms with E-state index in [1.54, 1.807) is 0 Å². The van der Waals surface area contributed by atoms with Gasteiger partial charge in [-0.15, -0.1) is 0 Å². The van der Waals surface area contributed by atoms with Crippen LogP contribution in [0, 0.1) is 11.6 Å². The Kier molecular flexibility index (Phi) is 3.08. The number of halogens is 1. The van der Waals surface area contributed by atoms with E-state index in [-0.39, 0.29) is 0 Å². The Morgan fingerprint density at radius 1 is 1.33 bits per heavy atom. The van der Waals surface area contributed by atoms with Crippen molar-refractivity contribution in [2.75, 3.05) is 0 Å². The number of rotatable bonds is 2. The third kappa shape index (κ3) is 2.40. The molecule has 1 heterocycles. The molecule has 4 heteroatoms. The lowest BCUT2D eigenvalue weighted by molar-refractivity contribution is 0.988. The lowest BCUT2D eigenvalue weighted by Crippen LogP contribution is -1.95. The van der Waals surface area contributed by atoms with Gasteiger partial charge in [-0.25, -0.2) is 4.98 Å². The van der Waals surface area contributed by atoms with Crippen LogP contribution in [0.4, 0.5) is 0 Å². The molecule has 3 rings (SSSR count). The van der Waals surface area contributed by atoms with E-state index in [1.165, 1.54) is 24.1 Å². The van der Waals surface area contributed by atoms with E-state index in [0.29, 0.717) is 10.6 Å². The molecule has 92 valence electrons. The summed E-state index contributed by atoms with van der Waals surface area (Å²) in [6, 6.07) is 8.23. The normalized spacial score (nSPS) is 14.8. The summed E-state index contributed by atoms with van der Waals surface area (Å²) < 4.78 is 1.76. The zero-order valence-electron chi connectivity index (χ0n) is 10.0. The molecule has 0 unspecified atom stereocenters. The highest BCUT2D eigenvalue weighted by Crippen LogP contribution is 2.39. The van der Waals surface area contributed by atoms with E-state index in [4.69, 9.17) is 12.2 Å². The lowest BCUT2D eigenvalue weighted by Gasteiger charge is -2.06. The minimum Gasteiger partial charge on any atom is -0.343 e. The Hall–Kier alpha value is -1.00. The summed E-state index contributed by atoms with van der Waals surface area (Å²) in [6.07, 6.45) is 2.51. The lowest BCUT2D eigenvalue weighted by atomic mass is 10.1. The Balaban J connectivity index is 2.09. The summed E-state index contributed by atoms with van der Waals surface area (Å²) in [7, 11) is 0. The average Bonchev–Trinajstić information content (AvgIpc) is 3.16. The van der Waals surface area contributed by atoms with Crippen molar-refractivity contribution in [1.29, 1.82) is 0 Å². The molecule has 1 N–H and O–H groups in total. The fourth-order valence-corrected chi connectivity index (χ4v) is 2.56. The SMILES string of the molecule is Cc1ccc(-c2nc(=S)cc(C3CC3)[nH]2)cc1Br. The highest BCUT2D eigenvalue weighted by molar-refractivity contribution is 9.10. The number of nitrogens with one attached hydrogen (secondary N) is 1. The van der Waals surface area contributed by atoms with Gasteiger partial charge in [0, 0.05) is 15.7 Å². The fourth-order valence-electron chi connectivity index (χ4n) is 1.97. The number of benzene rings is 1. The van der Waals surface area contributed by atoms with Crippen LogP contribution in [0.2, 0.25) is 0 Å². The van der Waals surface area contributed by atoms with Crippen LogP contribution in [-0.2, 0) is 0 Å². The number of aryl methyl sites for hydroxylation is 1. The molecule has 0 bridgehead atoms. The fraction of sp³-hybridized carbons (Fsp3) is 0.286. The van der Waals surface area contributed by atoms with E-state index >= 15 is 0 Å². The monoisotopic (exact) mass is 320 g/mol. The molecule has 0 spiro atoms. The zero-order valence-corrected chi connectivity index (χ0v) is 12.4. The van der Waals surface area contributed by atoms with Crippen molar-refractivity contribution >= 4 is 28.1 Å². The molecular formula is C14H13BrN2S. The molecule has 1 fully saturated rings. The number of hydrogen-bond donors (Lipinski definition) is 1. The second-order valence-corrected chi connectivity index (χ2v) is 6.03. The third-order valence-electron chi connectivity index (χ3n) is 3.23. The molecular weight excluding hydrogens is 308 g/mol. The van der Waals surface area contributed by atoms with Crippen molar-refractivity contribution in [1.82, 2.24) is 9.97 Å². The van der Waals surface area contributed by atoms with Crippen LogP contribution in [-0.4, -0.2) is 9.97 Å². The van der Waals surface area contributed by atoms with Gasteiger partial charge in [0.1, 0.15) is 10.5 Å². The first kappa shape index (κ1) is 12.1. The summed E-state index contributed by atoms with van der Waals surface area (Å²) in [5.74, 6) is 1.52. The Morgan fingerprint density at radius 3 is 2.78 bits per heavy atom. The molecule has 0 aliphatic heterocycles. The molecule has 1 saturated carbocycles. The van der Waals surface area contributed by atoms with Crippen molar-refractivity contribution in [3.05, 3.63) is 44.6 Å². The second kappa shape index (κ2) is 4.59. The van der Waals surface area contributed by atoms with Crippen LogP contribution in [0.25, 0.3) is 11.4 Å². The maximum Gasteiger partial charge on any atom is 0.139 e. The number of nitrogens with zero attached hydrogens (tertiary/aromatic N) is 1. The van der Waals surface area contributed by atoms with Crippen LogP contribution in [0.3, 0.4) is 0 Å². The Labute approximate surface area is 120 Å². The Bertz CT molecular complexity index is 659. The molecule has 0 amide bonds. The van der Waals surface area contributed by atoms with Crippen LogP contribution in [0.1, 0.15) is 30.0 Å². The van der Waals surface area contributed by atoms with E-state index in [2.05, 4.69) is 51.0 Å². The van der Waals surface area contributed by atoms with Gasteiger partial charge in [0.15, 0.2) is 0 Å². The highest BCUT2D eigenvalue weighted by atomic mass is 79.9. The average molecular weight is 321 g/mol. The number of aromatic amines is 1. The summed E-state index contributed by atoms with van der Waals surface area (Å²) in [5, 5.41) is 0. The number of aromatic nitrogens is 2. The summed E-state index contributed by atoms with van der Waals surface area (Å²) in [5.41, 5.74) is 3.51. The summed E-state index contributed by atoms with van der Waals surface area (Å²) in [6.45, 7) is 2.07. The molecule has 18 heavy (non-hydrogen) atoms. The first-order valence-corrected chi connectivity index (χ1v) is 7.21. The largest absolute Gasteiger partial charge is 0.343 e. The predicted octanol–water partition coefficient (Wildman–Crippen LogP) is 4.75. The van der Waals surface area contributed by atoms with Gasteiger partial charge in [0.05, 0.1) is 0 Å². The van der Waals surface area contributed by atoms with E-state index < -0.39 is 0 Å². The number of H-pyrrole nitrogens is 1. The Morgan fingerprint density at radius 2 is 2.11 bits per heavy atom. The smallest absolute Gasteiger partial charge is 0.139 e. The minimum absolute atomic E-state index is 0.655. The van der Waals surface area contributed by atoms with Crippen LogP contribution >= 0.6 is 28.1 Å². The van der Waals surface area contributed by atoms with Gasteiger partial charge in [0.25, 0.3) is 0 Å². The maximum atomic E-state index is 5.25. The molecule has 0 radical (unpaired) electrons. The molecule has 2 aromatic rings. The topological polar surface area (TPSA) is 28.7 Å². The van der Waals surface area contributed by atoms with E-state index in [1.807, 2.05) is 6.07 Å². The van der Waals surface area contributed by atoms with Crippen molar-refractivity contribution in [3.8, 4) is 11.4 Å². The van der Waals surface area contributed by atoms with Gasteiger partial charge in [-0.1, -0.05) is 40.3 Å². The van der Waals surface area contributed by atoms with Crippen molar-refractivity contribution < 1.29 is 0 Å². The molecule has 0 atom stereocenters.